The Labute approximate surface area is 252 Å². The number of carbonyl (C=O) groups excluding carboxylic acids is 3. The summed E-state index contributed by atoms with van der Waals surface area (Å²) in [5.74, 6) is -1.68. The van der Waals surface area contributed by atoms with E-state index in [2.05, 4.69) is 10.0 Å². The smallest absolute Gasteiger partial charge is 0.325 e. The monoisotopic (exact) mass is 614 g/mol. The highest BCUT2D eigenvalue weighted by Crippen LogP contribution is 2.25. The number of sulfonamides is 1. The molecule has 1 saturated heterocycles. The van der Waals surface area contributed by atoms with Crippen LogP contribution >= 0.6 is 0 Å². The number of likely N-dealkylation sites (tertiary alicyclic amines) is 1. The number of guanidine groups is 1. The summed E-state index contributed by atoms with van der Waals surface area (Å²) in [7, 11) is -4.23. The number of benzene rings is 2. The quantitative estimate of drug-likeness (QED) is 0.159. The van der Waals surface area contributed by atoms with Gasteiger partial charge in [-0.15, -0.1) is 0 Å². The minimum atomic E-state index is -4.23. The van der Waals surface area contributed by atoms with E-state index >= 15 is 0 Å². The first-order valence-electron chi connectivity index (χ1n) is 14.9. The molecule has 43 heavy (non-hydrogen) atoms. The molecule has 0 aromatic heterocycles. The molecule has 0 radical (unpaired) electrons. The molecule has 4 rings (SSSR count). The van der Waals surface area contributed by atoms with E-state index in [-0.39, 0.29) is 36.0 Å². The largest absolute Gasteiger partial charge is 0.465 e. The number of nitrogens with two attached hydrogens (primary N) is 1. The fourth-order valence-electron chi connectivity index (χ4n) is 5.88. The predicted octanol–water partition coefficient (Wildman–Crippen LogP) is 1.93. The van der Waals surface area contributed by atoms with Gasteiger partial charge in [-0.1, -0.05) is 43.2 Å². The predicted molar refractivity (Wildman–Crippen MR) is 162 cm³/mol. The first-order chi connectivity index (χ1) is 20.6. The lowest BCUT2D eigenvalue weighted by Gasteiger charge is -2.33. The van der Waals surface area contributed by atoms with Gasteiger partial charge in [-0.25, -0.2) is 8.42 Å². The second kappa shape index (κ2) is 14.6. The second-order valence-corrected chi connectivity index (χ2v) is 13.0. The van der Waals surface area contributed by atoms with Gasteiger partial charge in [0.1, 0.15) is 12.6 Å². The van der Waals surface area contributed by atoms with Gasteiger partial charge in [0, 0.05) is 25.7 Å². The zero-order valence-electron chi connectivity index (χ0n) is 24.6. The maximum absolute atomic E-state index is 14.0. The number of nitrogens with one attached hydrogen (secondary N) is 3. The Kier molecular flexibility index (Phi) is 11.0. The Morgan fingerprint density at radius 2 is 1.81 bits per heavy atom. The summed E-state index contributed by atoms with van der Waals surface area (Å²) in [4.78, 5) is 42.8. The lowest BCUT2D eigenvalue weighted by atomic mass is 9.98. The van der Waals surface area contributed by atoms with Crippen molar-refractivity contribution < 1.29 is 27.5 Å². The van der Waals surface area contributed by atoms with E-state index in [1.807, 2.05) is 12.1 Å². The highest BCUT2D eigenvalue weighted by Gasteiger charge is 2.36. The van der Waals surface area contributed by atoms with Crippen molar-refractivity contribution in [3.8, 4) is 0 Å². The first kappa shape index (κ1) is 32.2. The summed E-state index contributed by atoms with van der Waals surface area (Å²) in [6.45, 7) is 3.01. The van der Waals surface area contributed by atoms with Gasteiger partial charge in [-0.2, -0.15) is 4.72 Å². The summed E-state index contributed by atoms with van der Waals surface area (Å²) in [5.41, 5.74) is 5.64. The van der Waals surface area contributed by atoms with Crippen molar-refractivity contribution in [3.05, 3.63) is 42.5 Å². The van der Waals surface area contributed by atoms with Crippen LogP contribution in [0.1, 0.15) is 51.9 Å². The molecule has 1 aliphatic carbocycles. The summed E-state index contributed by atoms with van der Waals surface area (Å²) in [5, 5.41) is 12.1. The lowest BCUT2D eigenvalue weighted by molar-refractivity contribution is -0.151. The number of rotatable bonds is 12. The molecule has 2 aromatic carbocycles. The zero-order chi connectivity index (χ0) is 31.0. The van der Waals surface area contributed by atoms with Crippen molar-refractivity contribution >= 4 is 44.5 Å². The highest BCUT2D eigenvalue weighted by atomic mass is 32.2. The summed E-state index contributed by atoms with van der Waals surface area (Å²) < 4.78 is 34.8. The standard InChI is InChI=1S/C30H42N6O6S/c1-2-42-28(38)20-36(24-11-5-6-12-24)29(39)26(17-27(37)33-18-21-8-7-15-35(19-21)30(31)32)34-43(40,41)25-14-13-22-9-3-4-10-23(22)16-25/h3-4,9-10,13-14,16,21,24,26,34H,2,5-8,11-12,15,17-20H2,1H3,(H3,31,32)(H,33,37)/t21-,26-/m0/s1. The molecule has 0 unspecified atom stereocenters. The average Bonchev–Trinajstić information content (AvgIpc) is 3.53. The Hall–Kier alpha value is -3.71. The molecule has 2 fully saturated rings. The van der Waals surface area contributed by atoms with Crippen molar-refractivity contribution in [2.45, 2.75) is 68.8 Å². The molecule has 2 aromatic rings. The number of carbonyl (C=O) groups is 3. The van der Waals surface area contributed by atoms with Gasteiger partial charge in [0.2, 0.25) is 21.8 Å². The SMILES string of the molecule is CCOC(=O)CN(C(=O)[C@H](CC(=O)NC[C@@H]1CCCN(C(=N)N)C1)NS(=O)(=O)c1ccc2ccccc2c1)C1CCCC1. The van der Waals surface area contributed by atoms with Crippen LogP contribution in [0, 0.1) is 11.3 Å². The van der Waals surface area contributed by atoms with E-state index in [1.54, 1.807) is 30.0 Å². The summed E-state index contributed by atoms with van der Waals surface area (Å²) >= 11 is 0. The van der Waals surface area contributed by atoms with E-state index in [0.29, 0.717) is 37.9 Å². The van der Waals surface area contributed by atoms with Crippen molar-refractivity contribution in [3.63, 3.8) is 0 Å². The Balaban J connectivity index is 1.55. The van der Waals surface area contributed by atoms with Gasteiger partial charge in [0.05, 0.1) is 17.9 Å². The fourth-order valence-corrected chi connectivity index (χ4v) is 7.11. The van der Waals surface area contributed by atoms with Crippen LogP contribution in [-0.4, -0.2) is 86.8 Å². The maximum Gasteiger partial charge on any atom is 0.325 e. The van der Waals surface area contributed by atoms with Crippen LogP contribution in [0.25, 0.3) is 10.8 Å². The average molecular weight is 615 g/mol. The summed E-state index contributed by atoms with van der Waals surface area (Å²) in [6.07, 6.45) is 4.34. The number of esters is 1. The van der Waals surface area contributed by atoms with Gasteiger partial charge in [0.25, 0.3) is 0 Å². The first-order valence-corrected chi connectivity index (χ1v) is 16.4. The number of amides is 2. The van der Waals surface area contributed by atoms with E-state index in [1.165, 1.54) is 17.0 Å². The van der Waals surface area contributed by atoms with Crippen molar-refractivity contribution in [2.75, 3.05) is 32.8 Å². The Bertz CT molecular complexity index is 1430. The molecular formula is C30H42N6O6S. The molecule has 0 bridgehead atoms. The number of ether oxygens (including phenoxy) is 1. The van der Waals surface area contributed by atoms with Gasteiger partial charge in [-0.3, -0.25) is 19.8 Å². The second-order valence-electron chi connectivity index (χ2n) is 11.2. The molecule has 2 aliphatic rings. The number of piperidine rings is 1. The van der Waals surface area contributed by atoms with Crippen LogP contribution in [0.15, 0.2) is 47.4 Å². The molecule has 0 spiro atoms. The van der Waals surface area contributed by atoms with Crippen LogP contribution in [0.4, 0.5) is 0 Å². The molecule has 234 valence electrons. The number of hydrogen-bond donors (Lipinski definition) is 4. The Morgan fingerprint density at radius 3 is 2.51 bits per heavy atom. The lowest BCUT2D eigenvalue weighted by Crippen LogP contribution is -2.54. The minimum absolute atomic E-state index is 0.0154. The van der Waals surface area contributed by atoms with Crippen molar-refractivity contribution in [1.29, 1.82) is 5.41 Å². The third-order valence-corrected chi connectivity index (χ3v) is 9.59. The number of hydrogen-bond acceptors (Lipinski definition) is 7. The third-order valence-electron chi connectivity index (χ3n) is 8.12. The van der Waals surface area contributed by atoms with E-state index < -0.39 is 40.3 Å². The zero-order valence-corrected chi connectivity index (χ0v) is 25.4. The number of fused-ring (bicyclic) bond motifs is 1. The van der Waals surface area contributed by atoms with E-state index in [0.717, 1.165) is 31.1 Å². The van der Waals surface area contributed by atoms with Crippen LogP contribution in [0.3, 0.4) is 0 Å². The molecule has 1 aliphatic heterocycles. The molecule has 2 atom stereocenters. The third kappa shape index (κ3) is 8.66. The van der Waals surface area contributed by atoms with Gasteiger partial charge < -0.3 is 25.6 Å². The molecular weight excluding hydrogens is 572 g/mol. The van der Waals surface area contributed by atoms with Crippen LogP contribution in [0.2, 0.25) is 0 Å². The maximum atomic E-state index is 14.0. The van der Waals surface area contributed by atoms with Crippen LogP contribution < -0.4 is 15.8 Å². The Morgan fingerprint density at radius 1 is 1.09 bits per heavy atom. The molecule has 13 heteroatoms. The van der Waals surface area contributed by atoms with Crippen LogP contribution in [0.5, 0.6) is 0 Å². The topological polar surface area (TPSA) is 175 Å². The minimum Gasteiger partial charge on any atom is -0.465 e. The fraction of sp³-hybridized carbons (Fsp3) is 0.533. The number of nitrogens with zero attached hydrogens (tertiary/aromatic N) is 2. The molecule has 12 nitrogen and oxygen atoms in total. The van der Waals surface area contributed by atoms with Gasteiger partial charge in [0.15, 0.2) is 5.96 Å². The van der Waals surface area contributed by atoms with Crippen molar-refractivity contribution in [1.82, 2.24) is 19.8 Å². The van der Waals surface area contributed by atoms with Crippen molar-refractivity contribution in [2.24, 2.45) is 11.7 Å². The van der Waals surface area contributed by atoms with E-state index in [9.17, 15) is 22.8 Å². The highest BCUT2D eigenvalue weighted by molar-refractivity contribution is 7.89. The molecule has 1 saturated carbocycles. The van der Waals surface area contributed by atoms with E-state index in [4.69, 9.17) is 15.9 Å². The molecule has 1 heterocycles. The normalized spacial score (nSPS) is 18.3. The van der Waals surface area contributed by atoms with Gasteiger partial charge >= 0.3 is 5.97 Å². The summed E-state index contributed by atoms with van der Waals surface area (Å²) in [6, 6.07) is 10.3. The molecule has 5 N–H and O–H groups in total. The molecule has 2 amide bonds. The van der Waals surface area contributed by atoms with Gasteiger partial charge in [-0.05, 0) is 61.4 Å². The van der Waals surface area contributed by atoms with Crippen LogP contribution in [-0.2, 0) is 29.1 Å².